The highest BCUT2D eigenvalue weighted by Gasteiger charge is 2.26. The lowest BCUT2D eigenvalue weighted by molar-refractivity contribution is 0.0987. The molecule has 3 aromatic rings. The summed E-state index contributed by atoms with van der Waals surface area (Å²) < 4.78 is 0. The fraction of sp³-hybridized carbons (Fsp3) is 0.105. The average molecular weight is 349 g/mol. The largest absolute Gasteiger partial charge is 0.321 e. The molecule has 1 aliphatic rings. The van der Waals surface area contributed by atoms with E-state index in [9.17, 15) is 9.59 Å². The number of nitrogens with zero attached hydrogens (tertiary/aromatic N) is 2. The molecule has 4 rings (SSSR count). The van der Waals surface area contributed by atoms with Crippen LogP contribution in [0.4, 0.5) is 11.4 Å². The van der Waals surface area contributed by atoms with E-state index in [2.05, 4.69) is 10.3 Å². The highest BCUT2D eigenvalue weighted by atomic mass is 32.1. The molecule has 1 aromatic carbocycles. The van der Waals surface area contributed by atoms with Crippen LogP contribution < -0.4 is 10.2 Å². The number of hydrogen-bond acceptors (Lipinski definition) is 4. The Morgan fingerprint density at radius 3 is 2.84 bits per heavy atom. The fourth-order valence-electron chi connectivity index (χ4n) is 2.91. The first kappa shape index (κ1) is 15.5. The van der Waals surface area contributed by atoms with Crippen LogP contribution in [0.5, 0.6) is 0 Å². The molecule has 1 aliphatic heterocycles. The van der Waals surface area contributed by atoms with Crippen molar-refractivity contribution in [2.45, 2.75) is 6.42 Å². The molecule has 5 nitrogen and oxygen atoms in total. The molecular weight excluding hydrogens is 334 g/mol. The van der Waals surface area contributed by atoms with Crippen molar-refractivity contribution in [3.8, 4) is 0 Å². The van der Waals surface area contributed by atoms with Gasteiger partial charge in [-0.15, -0.1) is 11.3 Å². The van der Waals surface area contributed by atoms with Gasteiger partial charge in [-0.3, -0.25) is 14.6 Å². The molecule has 0 saturated carbocycles. The Bertz CT molecular complexity index is 923. The van der Waals surface area contributed by atoms with E-state index in [4.69, 9.17) is 0 Å². The van der Waals surface area contributed by atoms with Gasteiger partial charge in [0.2, 0.25) is 0 Å². The van der Waals surface area contributed by atoms with Gasteiger partial charge in [0, 0.05) is 30.3 Å². The summed E-state index contributed by atoms with van der Waals surface area (Å²) in [6.45, 7) is 0.630. The molecular formula is C19H15N3O2S. The molecule has 0 unspecified atom stereocenters. The number of amides is 2. The molecule has 0 bridgehead atoms. The second kappa shape index (κ2) is 6.49. The number of carbonyl (C=O) groups is 2. The quantitative estimate of drug-likeness (QED) is 0.786. The van der Waals surface area contributed by atoms with Crippen LogP contribution >= 0.6 is 11.3 Å². The standard InChI is InChI=1S/C19H15N3O2S/c23-18(17-4-2-10-25-17)21-15-6-5-13-7-9-22(16(13)11-15)19(24)14-3-1-8-20-12-14/h1-6,8,10-12H,7,9H2,(H,21,23). The van der Waals surface area contributed by atoms with Crippen LogP contribution in [0.15, 0.2) is 60.2 Å². The van der Waals surface area contributed by atoms with Crippen molar-refractivity contribution < 1.29 is 9.59 Å². The maximum atomic E-state index is 12.7. The lowest BCUT2D eigenvalue weighted by atomic mass is 10.1. The number of hydrogen-bond donors (Lipinski definition) is 1. The Hall–Kier alpha value is -2.99. The number of benzene rings is 1. The number of thiophene rings is 1. The van der Waals surface area contributed by atoms with Gasteiger partial charge in [0.1, 0.15) is 0 Å². The number of nitrogens with one attached hydrogen (secondary N) is 1. The smallest absolute Gasteiger partial charge is 0.265 e. The summed E-state index contributed by atoms with van der Waals surface area (Å²) >= 11 is 1.39. The number of fused-ring (bicyclic) bond motifs is 1. The van der Waals surface area contributed by atoms with Gasteiger partial charge in [0.25, 0.3) is 11.8 Å². The van der Waals surface area contributed by atoms with Crippen molar-refractivity contribution in [2.75, 3.05) is 16.8 Å². The van der Waals surface area contributed by atoms with Crippen LogP contribution in [0.1, 0.15) is 25.6 Å². The Labute approximate surface area is 148 Å². The third-order valence-corrected chi connectivity index (χ3v) is 5.01. The predicted octanol–water partition coefficient (Wildman–Crippen LogP) is 3.60. The van der Waals surface area contributed by atoms with Crippen LogP contribution in [0.25, 0.3) is 0 Å². The van der Waals surface area contributed by atoms with Gasteiger partial charge in [-0.25, -0.2) is 0 Å². The molecule has 124 valence electrons. The van der Waals surface area contributed by atoms with E-state index >= 15 is 0 Å². The van der Waals surface area contributed by atoms with E-state index in [1.807, 2.05) is 29.6 Å². The number of rotatable bonds is 3. The Kier molecular flexibility index (Phi) is 4.03. The first-order valence-corrected chi connectivity index (χ1v) is 8.80. The summed E-state index contributed by atoms with van der Waals surface area (Å²) in [5, 5.41) is 4.76. The van der Waals surface area contributed by atoms with E-state index in [0.29, 0.717) is 22.7 Å². The van der Waals surface area contributed by atoms with Crippen molar-refractivity contribution in [1.82, 2.24) is 4.98 Å². The molecule has 2 amide bonds. The van der Waals surface area contributed by atoms with Crippen LogP contribution in [-0.4, -0.2) is 23.3 Å². The first-order valence-electron chi connectivity index (χ1n) is 7.92. The van der Waals surface area contributed by atoms with Gasteiger partial charge in [-0.1, -0.05) is 12.1 Å². The summed E-state index contributed by atoms with van der Waals surface area (Å²) in [5.41, 5.74) is 3.19. The molecule has 6 heteroatoms. The highest BCUT2D eigenvalue weighted by molar-refractivity contribution is 7.12. The van der Waals surface area contributed by atoms with Gasteiger partial charge in [0.05, 0.1) is 10.4 Å². The van der Waals surface area contributed by atoms with E-state index in [1.54, 1.807) is 35.5 Å². The SMILES string of the molecule is O=C(Nc1ccc2c(c1)N(C(=O)c1cccnc1)CC2)c1cccs1. The number of carbonyl (C=O) groups excluding carboxylic acids is 2. The zero-order valence-electron chi connectivity index (χ0n) is 13.3. The Morgan fingerprint density at radius 1 is 1.16 bits per heavy atom. The monoisotopic (exact) mass is 349 g/mol. The molecule has 0 fully saturated rings. The molecule has 0 spiro atoms. The average Bonchev–Trinajstić information content (AvgIpc) is 3.31. The van der Waals surface area contributed by atoms with Crippen LogP contribution in [-0.2, 0) is 6.42 Å². The normalized spacial score (nSPS) is 12.7. The lowest BCUT2D eigenvalue weighted by Gasteiger charge is -2.18. The molecule has 0 atom stereocenters. The summed E-state index contributed by atoms with van der Waals surface area (Å²) in [4.78, 5) is 31.4. The van der Waals surface area contributed by atoms with Crippen LogP contribution in [0.3, 0.4) is 0 Å². The third-order valence-electron chi connectivity index (χ3n) is 4.14. The molecule has 25 heavy (non-hydrogen) atoms. The Balaban J connectivity index is 1.59. The van der Waals surface area contributed by atoms with Gasteiger partial charge in [-0.05, 0) is 47.7 Å². The zero-order valence-corrected chi connectivity index (χ0v) is 14.1. The molecule has 1 N–H and O–H groups in total. The van der Waals surface area contributed by atoms with E-state index in [0.717, 1.165) is 17.7 Å². The third kappa shape index (κ3) is 3.04. The molecule has 0 saturated heterocycles. The number of pyridine rings is 1. The molecule has 0 aliphatic carbocycles. The highest BCUT2D eigenvalue weighted by Crippen LogP contribution is 2.32. The van der Waals surface area contributed by atoms with Gasteiger partial charge in [-0.2, -0.15) is 0 Å². The van der Waals surface area contributed by atoms with Crippen LogP contribution in [0, 0.1) is 0 Å². The minimum atomic E-state index is -0.141. The summed E-state index contributed by atoms with van der Waals surface area (Å²) in [6, 6.07) is 12.8. The van der Waals surface area contributed by atoms with Gasteiger partial charge >= 0.3 is 0 Å². The van der Waals surface area contributed by atoms with E-state index in [-0.39, 0.29) is 11.8 Å². The fourth-order valence-corrected chi connectivity index (χ4v) is 3.53. The molecule has 0 radical (unpaired) electrons. The van der Waals surface area contributed by atoms with E-state index < -0.39 is 0 Å². The summed E-state index contributed by atoms with van der Waals surface area (Å²) in [5.74, 6) is -0.216. The minimum Gasteiger partial charge on any atom is -0.321 e. The van der Waals surface area contributed by atoms with Crippen molar-refractivity contribution in [3.05, 3.63) is 76.2 Å². The molecule has 2 aromatic heterocycles. The van der Waals surface area contributed by atoms with Crippen molar-refractivity contribution >= 4 is 34.5 Å². The predicted molar refractivity (Wildman–Crippen MR) is 98.3 cm³/mol. The lowest BCUT2D eigenvalue weighted by Crippen LogP contribution is -2.29. The topological polar surface area (TPSA) is 62.3 Å². The van der Waals surface area contributed by atoms with Gasteiger partial charge in [0.15, 0.2) is 0 Å². The van der Waals surface area contributed by atoms with Crippen molar-refractivity contribution in [1.29, 1.82) is 0 Å². The maximum absolute atomic E-state index is 12.7. The van der Waals surface area contributed by atoms with E-state index in [1.165, 1.54) is 11.3 Å². The van der Waals surface area contributed by atoms with Crippen LogP contribution in [0.2, 0.25) is 0 Å². The first-order chi connectivity index (χ1) is 12.2. The summed E-state index contributed by atoms with van der Waals surface area (Å²) in [6.07, 6.45) is 4.02. The zero-order chi connectivity index (χ0) is 17.2. The second-order valence-electron chi connectivity index (χ2n) is 5.72. The minimum absolute atomic E-state index is 0.0754. The van der Waals surface area contributed by atoms with Gasteiger partial charge < -0.3 is 10.2 Å². The number of aromatic nitrogens is 1. The maximum Gasteiger partial charge on any atom is 0.265 e. The van der Waals surface area contributed by atoms with Crippen molar-refractivity contribution in [2.24, 2.45) is 0 Å². The summed E-state index contributed by atoms with van der Waals surface area (Å²) in [7, 11) is 0. The van der Waals surface area contributed by atoms with Crippen molar-refractivity contribution in [3.63, 3.8) is 0 Å². The number of anilines is 2. The Morgan fingerprint density at radius 2 is 2.08 bits per heavy atom. The molecule has 3 heterocycles. The second-order valence-corrected chi connectivity index (χ2v) is 6.67.